The molecule has 0 bridgehead atoms. The number of halogens is 1. The summed E-state index contributed by atoms with van der Waals surface area (Å²) >= 11 is 5.89. The molecular formula is C12H16ClNO4. The third-order valence-corrected chi connectivity index (χ3v) is 2.62. The van der Waals surface area contributed by atoms with Gasteiger partial charge in [0.2, 0.25) is 0 Å². The van der Waals surface area contributed by atoms with Gasteiger partial charge in [-0.2, -0.15) is 0 Å². The van der Waals surface area contributed by atoms with Gasteiger partial charge >= 0.3 is 5.97 Å². The summed E-state index contributed by atoms with van der Waals surface area (Å²) in [5.41, 5.74) is 0.620. The number of phenolic OH excluding ortho intramolecular Hbond substituents is 1. The molecule has 1 aromatic carbocycles. The highest BCUT2D eigenvalue weighted by Crippen LogP contribution is 2.33. The zero-order valence-electron chi connectivity index (χ0n) is 10.1. The zero-order chi connectivity index (χ0) is 13.5. The molecule has 0 aromatic heterocycles. The van der Waals surface area contributed by atoms with Gasteiger partial charge in [-0.25, -0.2) is 0 Å². The lowest BCUT2D eigenvalue weighted by molar-refractivity contribution is -0.137. The molecule has 0 spiro atoms. The second-order valence-corrected chi connectivity index (χ2v) is 4.23. The first-order valence-corrected chi connectivity index (χ1v) is 5.90. The van der Waals surface area contributed by atoms with Crippen molar-refractivity contribution >= 4 is 17.6 Å². The van der Waals surface area contributed by atoms with Crippen LogP contribution in [0, 0.1) is 0 Å². The van der Waals surface area contributed by atoms with E-state index in [1.54, 1.807) is 6.07 Å². The molecule has 0 aliphatic carbocycles. The van der Waals surface area contributed by atoms with Crippen LogP contribution in [0.4, 0.5) is 0 Å². The maximum atomic E-state index is 10.3. The Morgan fingerprint density at radius 1 is 1.50 bits per heavy atom. The highest BCUT2D eigenvalue weighted by Gasteiger charge is 2.09. The van der Waals surface area contributed by atoms with Crippen molar-refractivity contribution in [2.75, 3.05) is 13.7 Å². The minimum Gasteiger partial charge on any atom is -0.504 e. The van der Waals surface area contributed by atoms with Crippen molar-refractivity contribution in [3.63, 3.8) is 0 Å². The van der Waals surface area contributed by atoms with E-state index in [0.717, 1.165) is 0 Å². The van der Waals surface area contributed by atoms with Crippen molar-refractivity contribution in [2.45, 2.75) is 19.4 Å². The number of ether oxygens (including phenoxy) is 1. The van der Waals surface area contributed by atoms with E-state index in [0.29, 0.717) is 35.8 Å². The number of phenols is 1. The van der Waals surface area contributed by atoms with Crippen LogP contribution >= 0.6 is 11.6 Å². The van der Waals surface area contributed by atoms with Crippen molar-refractivity contribution in [1.82, 2.24) is 5.32 Å². The maximum absolute atomic E-state index is 10.3. The molecule has 0 unspecified atom stereocenters. The van der Waals surface area contributed by atoms with Crippen LogP contribution < -0.4 is 10.1 Å². The predicted octanol–water partition coefficient (Wildman–Crippen LogP) is 2.01. The quantitative estimate of drug-likeness (QED) is 0.662. The van der Waals surface area contributed by atoms with Gasteiger partial charge in [-0.3, -0.25) is 4.79 Å². The summed E-state index contributed by atoms with van der Waals surface area (Å²) in [5.74, 6) is -0.443. The Kier molecular flexibility index (Phi) is 5.74. The lowest BCUT2D eigenvalue weighted by Crippen LogP contribution is -2.16. The highest BCUT2D eigenvalue weighted by molar-refractivity contribution is 6.30. The minimum absolute atomic E-state index is 0.0487. The van der Waals surface area contributed by atoms with Crippen LogP contribution in [0.1, 0.15) is 18.4 Å². The molecule has 18 heavy (non-hydrogen) atoms. The summed E-state index contributed by atoms with van der Waals surface area (Å²) in [6.07, 6.45) is 0.658. The van der Waals surface area contributed by atoms with Crippen LogP contribution in [-0.4, -0.2) is 29.8 Å². The first-order valence-electron chi connectivity index (χ1n) is 5.52. The fourth-order valence-electron chi connectivity index (χ4n) is 1.51. The molecular weight excluding hydrogens is 258 g/mol. The molecule has 0 heterocycles. The van der Waals surface area contributed by atoms with E-state index in [1.807, 2.05) is 0 Å². The first-order chi connectivity index (χ1) is 8.54. The van der Waals surface area contributed by atoms with Crippen molar-refractivity contribution < 1.29 is 19.7 Å². The Balaban J connectivity index is 2.51. The highest BCUT2D eigenvalue weighted by atomic mass is 35.5. The molecule has 100 valence electrons. The number of carboxylic acid groups (broad SMARTS) is 1. The fourth-order valence-corrected chi connectivity index (χ4v) is 1.74. The number of carbonyl (C=O) groups is 1. The average molecular weight is 274 g/mol. The molecule has 5 nitrogen and oxygen atoms in total. The van der Waals surface area contributed by atoms with Crippen molar-refractivity contribution in [2.24, 2.45) is 0 Å². The predicted molar refractivity (Wildman–Crippen MR) is 68.2 cm³/mol. The molecule has 0 atom stereocenters. The second kappa shape index (κ2) is 7.08. The zero-order valence-corrected chi connectivity index (χ0v) is 10.8. The molecule has 3 N–H and O–H groups in total. The topological polar surface area (TPSA) is 78.8 Å². The van der Waals surface area contributed by atoms with Crippen LogP contribution in [0.3, 0.4) is 0 Å². The van der Waals surface area contributed by atoms with E-state index in [4.69, 9.17) is 21.4 Å². The lowest BCUT2D eigenvalue weighted by atomic mass is 10.2. The molecule has 1 aromatic rings. The molecule has 1 rings (SSSR count). The average Bonchev–Trinajstić information content (AvgIpc) is 2.32. The molecule has 0 fully saturated rings. The molecule has 0 amide bonds. The Morgan fingerprint density at radius 3 is 2.83 bits per heavy atom. The Hall–Kier alpha value is -1.46. The van der Waals surface area contributed by atoms with Crippen LogP contribution in [0.2, 0.25) is 5.02 Å². The number of rotatable bonds is 7. The number of aliphatic carboxylic acids is 1. The van der Waals surface area contributed by atoms with Gasteiger partial charge in [0.25, 0.3) is 0 Å². The number of carboxylic acids is 1. The Morgan fingerprint density at radius 2 is 2.22 bits per heavy atom. The molecule has 0 saturated carbocycles. The van der Waals surface area contributed by atoms with E-state index in [1.165, 1.54) is 13.2 Å². The molecule has 0 saturated heterocycles. The molecule has 0 radical (unpaired) electrons. The van der Waals surface area contributed by atoms with E-state index < -0.39 is 5.97 Å². The number of methoxy groups -OCH3 is 1. The summed E-state index contributed by atoms with van der Waals surface area (Å²) < 4.78 is 4.99. The molecule has 0 aliphatic rings. The van der Waals surface area contributed by atoms with Gasteiger partial charge in [0, 0.05) is 29.6 Å². The van der Waals surface area contributed by atoms with Gasteiger partial charge in [0.15, 0.2) is 11.5 Å². The summed E-state index contributed by atoms with van der Waals surface area (Å²) in [6, 6.07) is 3.18. The van der Waals surface area contributed by atoms with Gasteiger partial charge in [0.05, 0.1) is 7.11 Å². The van der Waals surface area contributed by atoms with E-state index in [9.17, 15) is 9.90 Å². The van der Waals surface area contributed by atoms with Crippen molar-refractivity contribution in [1.29, 1.82) is 0 Å². The van der Waals surface area contributed by atoms with Crippen LogP contribution in [-0.2, 0) is 11.3 Å². The molecule has 0 aliphatic heterocycles. The monoisotopic (exact) mass is 273 g/mol. The summed E-state index contributed by atoms with van der Waals surface area (Å²) in [6.45, 7) is 0.961. The standard InChI is InChI=1S/C12H16ClNO4/c1-18-10-6-9(13)5-8(12(10)17)7-14-4-2-3-11(15)16/h5-6,14,17H,2-4,7H2,1H3,(H,15,16). The van der Waals surface area contributed by atoms with Crippen LogP contribution in [0.25, 0.3) is 0 Å². The number of hydrogen-bond donors (Lipinski definition) is 3. The smallest absolute Gasteiger partial charge is 0.303 e. The number of nitrogens with one attached hydrogen (secondary N) is 1. The number of hydrogen-bond acceptors (Lipinski definition) is 4. The maximum Gasteiger partial charge on any atom is 0.303 e. The van der Waals surface area contributed by atoms with Gasteiger partial charge in [-0.15, -0.1) is 0 Å². The largest absolute Gasteiger partial charge is 0.504 e. The van der Waals surface area contributed by atoms with Crippen molar-refractivity contribution in [3.8, 4) is 11.5 Å². The number of aromatic hydroxyl groups is 1. The van der Waals surface area contributed by atoms with E-state index in [2.05, 4.69) is 5.32 Å². The first kappa shape index (κ1) is 14.6. The molecule has 6 heteroatoms. The van der Waals surface area contributed by atoms with E-state index in [-0.39, 0.29) is 12.2 Å². The van der Waals surface area contributed by atoms with Crippen LogP contribution in [0.5, 0.6) is 11.5 Å². The van der Waals surface area contributed by atoms with E-state index >= 15 is 0 Å². The van der Waals surface area contributed by atoms with Gasteiger partial charge < -0.3 is 20.3 Å². The third kappa shape index (κ3) is 4.43. The van der Waals surface area contributed by atoms with Gasteiger partial charge in [0.1, 0.15) is 0 Å². The minimum atomic E-state index is -0.816. The third-order valence-electron chi connectivity index (χ3n) is 2.40. The van der Waals surface area contributed by atoms with Crippen LogP contribution in [0.15, 0.2) is 12.1 Å². The summed E-state index contributed by atoms with van der Waals surface area (Å²) in [4.78, 5) is 10.3. The van der Waals surface area contributed by atoms with Crippen molar-refractivity contribution in [3.05, 3.63) is 22.7 Å². The summed E-state index contributed by atoms with van der Waals surface area (Å²) in [5, 5.41) is 21.8. The summed E-state index contributed by atoms with van der Waals surface area (Å²) in [7, 11) is 1.45. The lowest BCUT2D eigenvalue weighted by Gasteiger charge is -2.10. The Bertz CT molecular complexity index is 423. The Labute approximate surface area is 110 Å². The van der Waals surface area contributed by atoms with Gasteiger partial charge in [-0.05, 0) is 19.0 Å². The SMILES string of the molecule is COc1cc(Cl)cc(CNCCCC(=O)O)c1O. The van der Waals surface area contributed by atoms with Gasteiger partial charge in [-0.1, -0.05) is 11.6 Å². The normalized spacial score (nSPS) is 10.3. The number of benzene rings is 1. The second-order valence-electron chi connectivity index (χ2n) is 3.79. The fraction of sp³-hybridized carbons (Fsp3) is 0.417.